The van der Waals surface area contributed by atoms with Gasteiger partial charge in [0, 0.05) is 30.7 Å². The number of aliphatic imine (C=N–C) groups is 1. The second-order valence-electron chi connectivity index (χ2n) is 7.39. The number of hydrogen-bond donors (Lipinski definition) is 0. The fraction of sp³-hybridized carbons (Fsp3) is 0.409. The molecule has 3 nitrogen and oxygen atoms in total. The summed E-state index contributed by atoms with van der Waals surface area (Å²) in [5.74, 6) is 0.962. The second-order valence-corrected chi connectivity index (χ2v) is 8.31. The van der Waals surface area contributed by atoms with Crippen LogP contribution in [0.4, 0.5) is 4.39 Å². The van der Waals surface area contributed by atoms with E-state index < -0.39 is 0 Å². The number of piperidine rings is 1. The van der Waals surface area contributed by atoms with Crippen molar-refractivity contribution in [1.82, 2.24) is 9.80 Å². The van der Waals surface area contributed by atoms with Crippen LogP contribution in [-0.4, -0.2) is 54.9 Å². The summed E-state index contributed by atoms with van der Waals surface area (Å²) in [5, 5.41) is 0. The summed E-state index contributed by atoms with van der Waals surface area (Å²) in [5.41, 5.74) is 3.91. The quantitative estimate of drug-likeness (QED) is 0.685. The van der Waals surface area contributed by atoms with Crippen molar-refractivity contribution in [2.45, 2.75) is 19.3 Å². The van der Waals surface area contributed by atoms with Crippen molar-refractivity contribution in [2.24, 2.45) is 4.99 Å². The Bertz CT molecular complexity index is 807. The summed E-state index contributed by atoms with van der Waals surface area (Å²) in [7, 11) is 0. The normalized spacial score (nSPS) is 25.2. The standard InChI is InChI=1S/C22H25BrFN3/c23-20-5-3-18(4-6-20)19-8-12-26(13-9-19)16-22-25-10-7-21(24)14-17-2-1-11-27(22)15-17/h3-8,14H,1-2,9-13,15-16H2/b17-14-,21-7+,25-22?. The topological polar surface area (TPSA) is 18.8 Å². The maximum atomic E-state index is 13.9. The third-order valence-corrected chi connectivity index (χ3v) is 5.99. The molecule has 2 bridgehead atoms. The molecule has 3 heterocycles. The van der Waals surface area contributed by atoms with Gasteiger partial charge >= 0.3 is 0 Å². The lowest BCUT2D eigenvalue weighted by Gasteiger charge is -2.35. The lowest BCUT2D eigenvalue weighted by atomic mass is 9.99. The second kappa shape index (κ2) is 8.53. The molecule has 0 amide bonds. The number of rotatable bonds is 3. The molecule has 1 fully saturated rings. The molecule has 1 aromatic carbocycles. The average molecular weight is 430 g/mol. The van der Waals surface area contributed by atoms with Crippen LogP contribution in [-0.2, 0) is 0 Å². The van der Waals surface area contributed by atoms with Crippen molar-refractivity contribution in [3.63, 3.8) is 0 Å². The molecule has 142 valence electrons. The summed E-state index contributed by atoms with van der Waals surface area (Å²) in [6.07, 6.45) is 8.76. The Kier molecular flexibility index (Phi) is 5.89. The molecule has 4 rings (SSSR count). The van der Waals surface area contributed by atoms with Crippen LogP contribution in [0.3, 0.4) is 0 Å². The van der Waals surface area contributed by atoms with Crippen LogP contribution in [0, 0.1) is 0 Å². The first-order valence-electron chi connectivity index (χ1n) is 9.68. The van der Waals surface area contributed by atoms with Gasteiger partial charge in [-0.05, 0) is 60.3 Å². The van der Waals surface area contributed by atoms with Gasteiger partial charge in [-0.25, -0.2) is 4.39 Å². The van der Waals surface area contributed by atoms with Gasteiger partial charge in [0.25, 0.3) is 0 Å². The van der Waals surface area contributed by atoms with E-state index in [1.807, 2.05) is 0 Å². The molecule has 0 unspecified atom stereocenters. The Morgan fingerprint density at radius 2 is 1.93 bits per heavy atom. The largest absolute Gasteiger partial charge is 0.355 e. The molecule has 3 aliphatic heterocycles. The van der Waals surface area contributed by atoms with Crippen LogP contribution >= 0.6 is 15.9 Å². The highest BCUT2D eigenvalue weighted by atomic mass is 79.9. The minimum Gasteiger partial charge on any atom is -0.355 e. The lowest BCUT2D eigenvalue weighted by Crippen LogP contribution is -2.44. The van der Waals surface area contributed by atoms with Crippen LogP contribution < -0.4 is 0 Å². The number of nitrogens with zero attached hydrogens (tertiary/aromatic N) is 3. The molecule has 0 spiro atoms. The maximum absolute atomic E-state index is 13.9. The van der Waals surface area contributed by atoms with Crippen LogP contribution in [0.25, 0.3) is 5.57 Å². The molecule has 1 aromatic rings. The number of amidine groups is 1. The highest BCUT2D eigenvalue weighted by Gasteiger charge is 2.22. The zero-order chi connectivity index (χ0) is 18.6. The van der Waals surface area contributed by atoms with Crippen LogP contribution in [0.15, 0.2) is 63.4 Å². The Morgan fingerprint density at radius 1 is 1.07 bits per heavy atom. The molecule has 0 atom stereocenters. The van der Waals surface area contributed by atoms with E-state index in [1.165, 1.54) is 16.7 Å². The van der Waals surface area contributed by atoms with Gasteiger partial charge in [0.15, 0.2) is 0 Å². The Labute approximate surface area is 169 Å². The molecule has 0 aromatic heterocycles. The number of halogens is 2. The zero-order valence-electron chi connectivity index (χ0n) is 15.5. The third-order valence-electron chi connectivity index (χ3n) is 5.46. The predicted molar refractivity (Wildman–Crippen MR) is 114 cm³/mol. The van der Waals surface area contributed by atoms with Gasteiger partial charge in [0.1, 0.15) is 11.7 Å². The van der Waals surface area contributed by atoms with Gasteiger partial charge in [-0.3, -0.25) is 9.89 Å². The predicted octanol–water partition coefficient (Wildman–Crippen LogP) is 4.83. The van der Waals surface area contributed by atoms with Crippen molar-refractivity contribution >= 4 is 27.3 Å². The fourth-order valence-electron chi connectivity index (χ4n) is 3.96. The van der Waals surface area contributed by atoms with E-state index in [0.717, 1.165) is 62.3 Å². The summed E-state index contributed by atoms with van der Waals surface area (Å²) >= 11 is 3.50. The van der Waals surface area contributed by atoms with E-state index in [2.05, 4.69) is 56.1 Å². The van der Waals surface area contributed by atoms with Crippen LogP contribution in [0.1, 0.15) is 24.8 Å². The zero-order valence-corrected chi connectivity index (χ0v) is 17.1. The minimum absolute atomic E-state index is 0.142. The van der Waals surface area contributed by atoms with Gasteiger partial charge in [-0.1, -0.05) is 34.1 Å². The molecule has 27 heavy (non-hydrogen) atoms. The van der Waals surface area contributed by atoms with E-state index in [4.69, 9.17) is 4.99 Å². The van der Waals surface area contributed by atoms with E-state index in [9.17, 15) is 4.39 Å². The molecule has 0 radical (unpaired) electrons. The van der Waals surface area contributed by atoms with Crippen LogP contribution in [0.5, 0.6) is 0 Å². The molecule has 0 saturated carbocycles. The number of allylic oxidation sites excluding steroid dienone is 2. The van der Waals surface area contributed by atoms with Crippen molar-refractivity contribution < 1.29 is 4.39 Å². The highest BCUT2D eigenvalue weighted by Crippen LogP contribution is 2.25. The van der Waals surface area contributed by atoms with Gasteiger partial charge in [-0.15, -0.1) is 0 Å². The highest BCUT2D eigenvalue weighted by molar-refractivity contribution is 9.10. The SMILES string of the molecule is FC1=C/CN=C(CN2CC=C(c3ccc(Br)cc3)CC2)N2CCC\C(=C\1)C2. The monoisotopic (exact) mass is 429 g/mol. The lowest BCUT2D eigenvalue weighted by molar-refractivity contribution is 0.314. The van der Waals surface area contributed by atoms with E-state index in [-0.39, 0.29) is 5.83 Å². The smallest absolute Gasteiger partial charge is 0.121 e. The summed E-state index contributed by atoms with van der Waals surface area (Å²) < 4.78 is 15.0. The average Bonchev–Trinajstić information content (AvgIpc) is 2.72. The minimum atomic E-state index is -0.142. The van der Waals surface area contributed by atoms with Gasteiger partial charge < -0.3 is 4.90 Å². The van der Waals surface area contributed by atoms with Gasteiger partial charge in [0.05, 0.1) is 13.1 Å². The summed E-state index contributed by atoms with van der Waals surface area (Å²) in [4.78, 5) is 9.51. The molecule has 3 aliphatic rings. The molecule has 0 aliphatic carbocycles. The first-order chi connectivity index (χ1) is 13.2. The number of fused-ring (bicyclic) bond motifs is 2. The first-order valence-corrected chi connectivity index (χ1v) is 10.5. The summed E-state index contributed by atoms with van der Waals surface area (Å²) in [6.45, 7) is 5.06. The van der Waals surface area contributed by atoms with Gasteiger partial charge in [0.2, 0.25) is 0 Å². The third kappa shape index (κ3) is 4.77. The number of hydrogen-bond acceptors (Lipinski definition) is 3. The van der Waals surface area contributed by atoms with Crippen molar-refractivity contribution in [1.29, 1.82) is 0 Å². The van der Waals surface area contributed by atoms with E-state index in [0.29, 0.717) is 6.54 Å². The summed E-state index contributed by atoms with van der Waals surface area (Å²) in [6, 6.07) is 8.55. The molecule has 1 saturated heterocycles. The Morgan fingerprint density at radius 3 is 2.70 bits per heavy atom. The maximum Gasteiger partial charge on any atom is 0.121 e. The van der Waals surface area contributed by atoms with E-state index >= 15 is 0 Å². The molecule has 0 N–H and O–H groups in total. The van der Waals surface area contributed by atoms with Crippen molar-refractivity contribution in [3.05, 3.63) is 63.9 Å². The van der Waals surface area contributed by atoms with Crippen LogP contribution in [0.2, 0.25) is 0 Å². The van der Waals surface area contributed by atoms with Gasteiger partial charge in [-0.2, -0.15) is 0 Å². The number of benzene rings is 1. The molecule has 5 heteroatoms. The Hall–Kier alpha value is -1.72. The fourth-order valence-corrected chi connectivity index (χ4v) is 4.23. The van der Waals surface area contributed by atoms with E-state index in [1.54, 1.807) is 12.2 Å². The first kappa shape index (κ1) is 18.6. The molecular formula is C22H25BrFN3. The Balaban J connectivity index is 1.44. The van der Waals surface area contributed by atoms with Crippen molar-refractivity contribution in [2.75, 3.05) is 39.3 Å². The van der Waals surface area contributed by atoms with Crippen molar-refractivity contribution in [3.8, 4) is 0 Å². The molecular weight excluding hydrogens is 405 g/mol.